The number of carbonyl (C=O) groups excluding carboxylic acids is 2. The highest BCUT2D eigenvalue weighted by atomic mass is 16.5. The van der Waals surface area contributed by atoms with Crippen LogP contribution >= 0.6 is 0 Å². The van der Waals surface area contributed by atoms with Crippen LogP contribution in [0.2, 0.25) is 0 Å². The second-order valence-electron chi connectivity index (χ2n) is 11.0. The molecular formula is C30H42N4O4. The van der Waals surface area contributed by atoms with Crippen LogP contribution in [0, 0.1) is 16.7 Å². The fraction of sp³-hybridized carbons (Fsp3) is 0.500. The smallest absolute Gasteiger partial charge is 0.253 e. The molecule has 3 rings (SSSR count). The van der Waals surface area contributed by atoms with Crippen LogP contribution in [0.4, 0.5) is 0 Å². The van der Waals surface area contributed by atoms with Crippen molar-refractivity contribution in [2.75, 3.05) is 33.4 Å². The summed E-state index contributed by atoms with van der Waals surface area (Å²) >= 11 is 0. The van der Waals surface area contributed by atoms with Gasteiger partial charge in [-0.05, 0) is 59.9 Å². The number of piperidine rings is 1. The maximum Gasteiger partial charge on any atom is 0.253 e. The summed E-state index contributed by atoms with van der Waals surface area (Å²) in [4.78, 5) is 27.0. The maximum atomic E-state index is 13.1. The van der Waals surface area contributed by atoms with E-state index in [1.54, 1.807) is 7.11 Å². The number of benzene rings is 2. The van der Waals surface area contributed by atoms with E-state index >= 15 is 0 Å². The fourth-order valence-corrected chi connectivity index (χ4v) is 4.86. The molecule has 206 valence electrons. The molecule has 1 saturated heterocycles. The number of amides is 2. The number of rotatable bonds is 10. The molecule has 0 spiro atoms. The van der Waals surface area contributed by atoms with Gasteiger partial charge in [0.05, 0.1) is 6.61 Å². The summed E-state index contributed by atoms with van der Waals surface area (Å²) in [6.45, 7) is 9.53. The standard InChI is InChI=1S/C30H42N4O4/c1-30(2,3)24-14-16-34(17-15-24)28(36)23-10-8-22(9-11-23)25-12-6-21(7-13-27(35)33-29(31)32)20-26(25)38-19-5-18-37-4/h6,8-12,20,24H,5,7,13-19H2,1-4H3,(H4,31,32,33,35). The van der Waals surface area contributed by atoms with E-state index in [9.17, 15) is 9.59 Å². The fourth-order valence-electron chi connectivity index (χ4n) is 4.86. The molecule has 4 N–H and O–H groups in total. The number of hydrogen-bond donors (Lipinski definition) is 3. The van der Waals surface area contributed by atoms with E-state index in [1.165, 1.54) is 0 Å². The van der Waals surface area contributed by atoms with Gasteiger partial charge >= 0.3 is 0 Å². The van der Waals surface area contributed by atoms with E-state index in [4.69, 9.17) is 20.6 Å². The lowest BCUT2D eigenvalue weighted by atomic mass is 9.75. The van der Waals surface area contributed by atoms with Crippen LogP contribution in [0.5, 0.6) is 5.75 Å². The summed E-state index contributed by atoms with van der Waals surface area (Å²) in [5.74, 6) is 0.784. The number of nitrogens with two attached hydrogens (primary N) is 1. The van der Waals surface area contributed by atoms with Gasteiger partial charge in [0.25, 0.3) is 5.91 Å². The van der Waals surface area contributed by atoms with Crippen LogP contribution in [-0.4, -0.2) is 56.1 Å². The molecule has 1 aliphatic heterocycles. The van der Waals surface area contributed by atoms with E-state index in [-0.39, 0.29) is 29.6 Å². The number of ether oxygens (including phenoxy) is 2. The highest BCUT2D eigenvalue weighted by Gasteiger charge is 2.30. The second kappa shape index (κ2) is 13.4. The van der Waals surface area contributed by atoms with Crippen molar-refractivity contribution in [2.24, 2.45) is 17.1 Å². The van der Waals surface area contributed by atoms with Gasteiger partial charge in [0.1, 0.15) is 5.75 Å². The summed E-state index contributed by atoms with van der Waals surface area (Å²) in [7, 11) is 1.66. The number of likely N-dealkylation sites (tertiary alicyclic amines) is 1. The lowest BCUT2D eigenvalue weighted by Crippen LogP contribution is -2.41. The van der Waals surface area contributed by atoms with Gasteiger partial charge in [0.15, 0.2) is 5.96 Å². The molecule has 0 bridgehead atoms. The quantitative estimate of drug-likeness (QED) is 0.239. The van der Waals surface area contributed by atoms with Crippen molar-refractivity contribution in [1.29, 1.82) is 5.41 Å². The van der Waals surface area contributed by atoms with Crippen LogP contribution in [0.3, 0.4) is 0 Å². The normalized spacial score (nSPS) is 14.3. The van der Waals surface area contributed by atoms with E-state index in [1.807, 2.05) is 47.4 Å². The number of aryl methyl sites for hydroxylation is 1. The third-order valence-electron chi connectivity index (χ3n) is 7.16. The Kier molecular flexibility index (Phi) is 10.3. The maximum absolute atomic E-state index is 13.1. The molecule has 0 radical (unpaired) electrons. The lowest BCUT2D eigenvalue weighted by Gasteiger charge is -2.38. The van der Waals surface area contributed by atoms with Crippen LogP contribution in [0.25, 0.3) is 11.1 Å². The number of nitrogens with one attached hydrogen (secondary N) is 2. The average molecular weight is 523 g/mol. The Morgan fingerprint density at radius 1 is 1.08 bits per heavy atom. The van der Waals surface area contributed by atoms with Crippen LogP contribution in [0.15, 0.2) is 42.5 Å². The Morgan fingerprint density at radius 3 is 2.37 bits per heavy atom. The van der Waals surface area contributed by atoms with Crippen LogP contribution in [0.1, 0.15) is 62.4 Å². The summed E-state index contributed by atoms with van der Waals surface area (Å²) in [6, 6.07) is 13.6. The minimum atomic E-state index is -0.358. The first-order valence-corrected chi connectivity index (χ1v) is 13.4. The predicted octanol–water partition coefficient (Wildman–Crippen LogP) is 4.61. The first-order valence-electron chi connectivity index (χ1n) is 13.4. The third kappa shape index (κ3) is 8.31. The van der Waals surface area contributed by atoms with Gasteiger partial charge in [-0.15, -0.1) is 0 Å². The largest absolute Gasteiger partial charge is 0.493 e. The molecule has 8 heteroatoms. The number of guanidine groups is 1. The predicted molar refractivity (Wildman–Crippen MR) is 150 cm³/mol. The zero-order chi connectivity index (χ0) is 27.7. The molecule has 0 unspecified atom stereocenters. The van der Waals surface area contributed by atoms with E-state index < -0.39 is 0 Å². The number of nitrogens with zero attached hydrogens (tertiary/aromatic N) is 1. The van der Waals surface area contributed by atoms with E-state index in [2.05, 4.69) is 26.1 Å². The number of methoxy groups -OCH3 is 1. The van der Waals surface area contributed by atoms with Gasteiger partial charge in [-0.25, -0.2) is 0 Å². The monoisotopic (exact) mass is 522 g/mol. The van der Waals surface area contributed by atoms with Gasteiger partial charge < -0.3 is 20.1 Å². The van der Waals surface area contributed by atoms with Crippen molar-refractivity contribution >= 4 is 17.8 Å². The minimum absolute atomic E-state index is 0.0825. The first kappa shape index (κ1) is 29.2. The topological polar surface area (TPSA) is 118 Å². The minimum Gasteiger partial charge on any atom is -0.493 e. The lowest BCUT2D eigenvalue weighted by molar-refractivity contribution is -0.119. The third-order valence-corrected chi connectivity index (χ3v) is 7.16. The van der Waals surface area contributed by atoms with Gasteiger partial charge in [-0.3, -0.25) is 20.3 Å². The Bertz CT molecular complexity index is 1100. The molecule has 0 atom stereocenters. The Balaban J connectivity index is 1.72. The molecule has 1 aliphatic rings. The van der Waals surface area contributed by atoms with Crippen molar-refractivity contribution < 1.29 is 19.1 Å². The Morgan fingerprint density at radius 2 is 1.76 bits per heavy atom. The van der Waals surface area contributed by atoms with E-state index in [0.29, 0.717) is 36.9 Å². The van der Waals surface area contributed by atoms with E-state index in [0.717, 1.165) is 49.0 Å². The Hall–Kier alpha value is -3.39. The summed E-state index contributed by atoms with van der Waals surface area (Å²) in [5, 5.41) is 9.50. The molecule has 1 fully saturated rings. The molecule has 38 heavy (non-hydrogen) atoms. The molecule has 1 heterocycles. The highest BCUT2D eigenvalue weighted by Crippen LogP contribution is 2.35. The van der Waals surface area contributed by atoms with Crippen molar-refractivity contribution in [3.63, 3.8) is 0 Å². The summed E-state index contributed by atoms with van der Waals surface area (Å²) < 4.78 is 11.2. The zero-order valence-corrected chi connectivity index (χ0v) is 23.1. The van der Waals surface area contributed by atoms with Crippen molar-refractivity contribution in [2.45, 2.75) is 52.9 Å². The number of hydrogen-bond acceptors (Lipinski definition) is 5. The van der Waals surface area contributed by atoms with Gasteiger partial charge in [-0.1, -0.05) is 45.0 Å². The van der Waals surface area contributed by atoms with Gasteiger partial charge in [-0.2, -0.15) is 0 Å². The van der Waals surface area contributed by atoms with Gasteiger partial charge in [0, 0.05) is 50.8 Å². The van der Waals surface area contributed by atoms with Crippen LogP contribution in [-0.2, 0) is 16.0 Å². The molecule has 8 nitrogen and oxygen atoms in total. The molecule has 2 amide bonds. The SMILES string of the molecule is COCCCOc1cc(CCC(=O)NC(=N)N)ccc1-c1ccc(C(=O)N2CCC(C(C)(C)C)CC2)cc1. The first-order chi connectivity index (χ1) is 18.1. The molecule has 0 saturated carbocycles. The van der Waals surface area contributed by atoms with Crippen molar-refractivity contribution in [3.8, 4) is 16.9 Å². The molecule has 2 aromatic carbocycles. The molecular weight excluding hydrogens is 480 g/mol. The van der Waals surface area contributed by atoms with Crippen molar-refractivity contribution in [1.82, 2.24) is 10.2 Å². The molecule has 2 aromatic rings. The zero-order valence-electron chi connectivity index (χ0n) is 23.1. The Labute approximate surface area is 226 Å². The van der Waals surface area contributed by atoms with Crippen LogP contribution < -0.4 is 15.8 Å². The molecule has 0 aromatic heterocycles. The van der Waals surface area contributed by atoms with Crippen molar-refractivity contribution in [3.05, 3.63) is 53.6 Å². The highest BCUT2D eigenvalue weighted by molar-refractivity contribution is 5.95. The van der Waals surface area contributed by atoms with Gasteiger partial charge in [0.2, 0.25) is 5.91 Å². The second-order valence-corrected chi connectivity index (χ2v) is 11.0. The number of carbonyl (C=O) groups is 2. The molecule has 0 aliphatic carbocycles. The summed E-state index contributed by atoms with van der Waals surface area (Å²) in [6.07, 6.45) is 3.54. The average Bonchev–Trinajstić information content (AvgIpc) is 2.89. The summed E-state index contributed by atoms with van der Waals surface area (Å²) in [5.41, 5.74) is 9.03.